The third-order valence-electron chi connectivity index (χ3n) is 7.05. The highest BCUT2D eigenvalue weighted by Gasteiger charge is 2.33. The molecule has 0 spiro atoms. The number of aromatic nitrogens is 3. The van der Waals surface area contributed by atoms with E-state index < -0.39 is 11.9 Å². The van der Waals surface area contributed by atoms with Crippen molar-refractivity contribution in [2.24, 2.45) is 5.92 Å². The van der Waals surface area contributed by atoms with Gasteiger partial charge in [0.2, 0.25) is 11.8 Å². The summed E-state index contributed by atoms with van der Waals surface area (Å²) in [5.41, 5.74) is 4.05. The molecule has 4 aromatic rings. The van der Waals surface area contributed by atoms with E-state index in [-0.39, 0.29) is 11.9 Å². The quantitative estimate of drug-likeness (QED) is 0.258. The zero-order valence-corrected chi connectivity index (χ0v) is 21.8. The van der Waals surface area contributed by atoms with Gasteiger partial charge in [-0.3, -0.25) is 0 Å². The molecule has 3 heterocycles. The molecule has 0 aliphatic carbocycles. The van der Waals surface area contributed by atoms with Gasteiger partial charge in [0, 0.05) is 31.4 Å². The van der Waals surface area contributed by atoms with E-state index in [1.807, 2.05) is 35.2 Å². The molecule has 1 fully saturated rings. The molecule has 0 unspecified atom stereocenters. The summed E-state index contributed by atoms with van der Waals surface area (Å²) >= 11 is 0. The van der Waals surface area contributed by atoms with Gasteiger partial charge in [-0.2, -0.15) is 13.2 Å². The van der Waals surface area contributed by atoms with Crippen molar-refractivity contribution in [3.63, 3.8) is 0 Å². The average Bonchev–Trinajstić information content (AvgIpc) is 3.37. The number of halogens is 3. The zero-order chi connectivity index (χ0) is 27.6. The lowest BCUT2D eigenvalue weighted by Crippen LogP contribution is -2.38. The van der Waals surface area contributed by atoms with Crippen LogP contribution in [-0.2, 0) is 12.7 Å². The Hall–Kier alpha value is -3.97. The van der Waals surface area contributed by atoms with E-state index in [0.29, 0.717) is 42.6 Å². The third-order valence-corrected chi connectivity index (χ3v) is 7.05. The van der Waals surface area contributed by atoms with Gasteiger partial charge in [0.1, 0.15) is 5.69 Å². The maximum absolute atomic E-state index is 13.0. The van der Waals surface area contributed by atoms with Crippen LogP contribution < -0.4 is 10.2 Å². The molecule has 1 saturated heterocycles. The minimum Gasteiger partial charge on any atom is -0.436 e. The number of hydrogen-bond donors (Lipinski definition) is 1. The number of benzene rings is 2. The first-order valence-corrected chi connectivity index (χ1v) is 13.0. The molecule has 202 valence electrons. The van der Waals surface area contributed by atoms with Crippen molar-refractivity contribution in [2.75, 3.05) is 24.5 Å². The molecular weight excluding hydrogens is 505 g/mol. The molecule has 0 amide bonds. The number of piperidine rings is 1. The second kappa shape index (κ2) is 11.0. The van der Waals surface area contributed by atoms with Gasteiger partial charge in [0.25, 0.3) is 0 Å². The van der Waals surface area contributed by atoms with Crippen molar-refractivity contribution >= 4 is 22.7 Å². The van der Waals surface area contributed by atoms with E-state index in [2.05, 4.69) is 39.0 Å². The SMILES string of the molecule is [C-]#[N+]c1cc(C(C)C)c2oc(-c3ccc(CNCC4CCN(c5nccc(C(F)(F)F)n5)CC4)cc3)nc2c1. The molecule has 5 rings (SSSR count). The molecule has 7 nitrogen and oxygen atoms in total. The molecule has 0 saturated carbocycles. The van der Waals surface area contributed by atoms with E-state index in [9.17, 15) is 13.2 Å². The molecule has 1 aliphatic rings. The predicted octanol–water partition coefficient (Wildman–Crippen LogP) is 6.98. The summed E-state index contributed by atoms with van der Waals surface area (Å²) in [6.45, 7) is 14.3. The summed E-state index contributed by atoms with van der Waals surface area (Å²) in [5, 5.41) is 3.50. The fourth-order valence-corrected chi connectivity index (χ4v) is 4.84. The Morgan fingerprint density at radius 3 is 2.51 bits per heavy atom. The number of alkyl halides is 3. The molecular formula is C29H29F3N6O. The van der Waals surface area contributed by atoms with Crippen LogP contribution in [0.2, 0.25) is 0 Å². The second-order valence-electron chi connectivity index (χ2n) is 10.2. The summed E-state index contributed by atoms with van der Waals surface area (Å²) in [6, 6.07) is 12.6. The maximum atomic E-state index is 13.0. The van der Waals surface area contributed by atoms with Crippen molar-refractivity contribution in [1.82, 2.24) is 20.3 Å². The van der Waals surface area contributed by atoms with Gasteiger partial charge in [0.15, 0.2) is 11.3 Å². The van der Waals surface area contributed by atoms with Gasteiger partial charge < -0.3 is 14.6 Å². The van der Waals surface area contributed by atoms with E-state index in [1.165, 1.54) is 6.20 Å². The lowest BCUT2D eigenvalue weighted by molar-refractivity contribution is -0.141. The minimum absolute atomic E-state index is 0.141. The second-order valence-corrected chi connectivity index (χ2v) is 10.2. The molecule has 2 aromatic heterocycles. The van der Waals surface area contributed by atoms with Crippen LogP contribution in [0.25, 0.3) is 27.4 Å². The van der Waals surface area contributed by atoms with Crippen LogP contribution in [0.3, 0.4) is 0 Å². The Bertz CT molecular complexity index is 1480. The Morgan fingerprint density at radius 2 is 1.85 bits per heavy atom. The first-order valence-electron chi connectivity index (χ1n) is 13.0. The topological polar surface area (TPSA) is 71.4 Å². The Morgan fingerprint density at radius 1 is 1.10 bits per heavy atom. The minimum atomic E-state index is -4.47. The highest BCUT2D eigenvalue weighted by atomic mass is 19.4. The summed E-state index contributed by atoms with van der Waals surface area (Å²) in [4.78, 5) is 17.8. The first kappa shape index (κ1) is 26.6. The van der Waals surface area contributed by atoms with Crippen molar-refractivity contribution in [1.29, 1.82) is 0 Å². The average molecular weight is 535 g/mol. The fraction of sp³-hybridized carbons (Fsp3) is 0.379. The Kier molecular flexibility index (Phi) is 7.53. The monoisotopic (exact) mass is 534 g/mol. The zero-order valence-electron chi connectivity index (χ0n) is 21.8. The van der Waals surface area contributed by atoms with E-state index in [1.54, 1.807) is 6.07 Å². The first-order chi connectivity index (χ1) is 18.7. The molecule has 0 atom stereocenters. The number of oxazole rings is 1. The van der Waals surface area contributed by atoms with Gasteiger partial charge in [0.05, 0.1) is 12.1 Å². The molecule has 0 bridgehead atoms. The highest BCUT2D eigenvalue weighted by Crippen LogP contribution is 2.34. The summed E-state index contributed by atoms with van der Waals surface area (Å²) < 4.78 is 45.0. The predicted molar refractivity (Wildman–Crippen MR) is 143 cm³/mol. The third kappa shape index (κ3) is 6.04. The number of rotatable bonds is 7. The molecule has 1 N–H and O–H groups in total. The van der Waals surface area contributed by atoms with Crippen LogP contribution in [0, 0.1) is 12.5 Å². The molecule has 2 aromatic carbocycles. The summed E-state index contributed by atoms with van der Waals surface area (Å²) in [7, 11) is 0. The van der Waals surface area contributed by atoms with Crippen LogP contribution >= 0.6 is 0 Å². The van der Waals surface area contributed by atoms with Gasteiger partial charge in [-0.25, -0.2) is 19.8 Å². The lowest BCUT2D eigenvalue weighted by Gasteiger charge is -2.32. The van der Waals surface area contributed by atoms with Crippen LogP contribution in [0.1, 0.15) is 49.4 Å². The Balaban J connectivity index is 1.14. The number of hydrogen-bond acceptors (Lipinski definition) is 6. The molecule has 0 radical (unpaired) electrons. The van der Waals surface area contributed by atoms with E-state index in [0.717, 1.165) is 47.7 Å². The number of fused-ring (bicyclic) bond motifs is 1. The largest absolute Gasteiger partial charge is 0.436 e. The summed E-state index contributed by atoms with van der Waals surface area (Å²) in [6.07, 6.45) is -1.59. The number of anilines is 1. The van der Waals surface area contributed by atoms with Crippen LogP contribution in [0.15, 0.2) is 53.1 Å². The van der Waals surface area contributed by atoms with Gasteiger partial charge in [-0.05, 0) is 72.7 Å². The van der Waals surface area contributed by atoms with Crippen molar-refractivity contribution < 1.29 is 17.6 Å². The van der Waals surface area contributed by atoms with Crippen LogP contribution in [-0.4, -0.2) is 34.6 Å². The van der Waals surface area contributed by atoms with Gasteiger partial charge in [-0.15, -0.1) is 0 Å². The number of nitrogens with zero attached hydrogens (tertiary/aromatic N) is 5. The molecule has 10 heteroatoms. The highest BCUT2D eigenvalue weighted by molar-refractivity contribution is 5.84. The van der Waals surface area contributed by atoms with Crippen LogP contribution in [0.4, 0.5) is 24.8 Å². The van der Waals surface area contributed by atoms with Crippen molar-refractivity contribution in [2.45, 2.75) is 45.3 Å². The van der Waals surface area contributed by atoms with Crippen molar-refractivity contribution in [3.05, 3.63) is 76.9 Å². The standard InChI is InChI=1S/C29H29F3N6O/c1-18(2)23-14-22(33-3)15-24-26(23)39-27(36-24)21-6-4-19(5-7-21)16-34-17-20-9-12-38(13-10-20)28-35-11-8-25(37-28)29(30,31)32/h4-8,11,14-15,18,20,34H,9-10,12-13,16-17H2,1-2H3. The smallest absolute Gasteiger partial charge is 0.433 e. The van der Waals surface area contributed by atoms with Crippen LogP contribution in [0.5, 0.6) is 0 Å². The normalized spacial score (nSPS) is 14.7. The Labute approximate surface area is 224 Å². The van der Waals surface area contributed by atoms with Gasteiger partial charge >= 0.3 is 6.18 Å². The van der Waals surface area contributed by atoms with Gasteiger partial charge in [-0.1, -0.05) is 26.0 Å². The van der Waals surface area contributed by atoms with E-state index >= 15 is 0 Å². The molecule has 1 aliphatic heterocycles. The number of nitrogens with one attached hydrogen (secondary N) is 1. The molecule has 39 heavy (non-hydrogen) atoms. The fourth-order valence-electron chi connectivity index (χ4n) is 4.84. The summed E-state index contributed by atoms with van der Waals surface area (Å²) in [5.74, 6) is 1.32. The maximum Gasteiger partial charge on any atom is 0.433 e. The van der Waals surface area contributed by atoms with E-state index in [4.69, 9.17) is 11.0 Å². The van der Waals surface area contributed by atoms with Crippen molar-refractivity contribution in [3.8, 4) is 11.5 Å². The lowest BCUT2D eigenvalue weighted by atomic mass is 9.97.